The maximum atomic E-state index is 5.15. The zero-order valence-electron chi connectivity index (χ0n) is 7.14. The second-order valence-corrected chi connectivity index (χ2v) is 2.43. The van der Waals surface area contributed by atoms with Gasteiger partial charge in [0.1, 0.15) is 11.4 Å². The normalized spacial score (nSPS) is 9.92. The zero-order valence-corrected chi connectivity index (χ0v) is 7.14. The molecule has 0 fully saturated rings. The molecule has 0 atom stereocenters. The summed E-state index contributed by atoms with van der Waals surface area (Å²) in [6, 6.07) is 8.55. The zero-order chi connectivity index (χ0) is 9.10. The van der Waals surface area contributed by atoms with E-state index in [1.807, 2.05) is 12.1 Å². The lowest BCUT2D eigenvalue weighted by molar-refractivity contribution is 0.411. The predicted octanol–water partition coefficient (Wildman–Crippen LogP) is 1.08. The molecule has 13 heavy (non-hydrogen) atoms. The highest BCUT2D eigenvalue weighted by molar-refractivity contribution is 5.44. The number of hydrogen-bond acceptors (Lipinski definition) is 3. The van der Waals surface area contributed by atoms with E-state index in [4.69, 9.17) is 4.74 Å². The van der Waals surface area contributed by atoms with Gasteiger partial charge in [-0.25, -0.2) is 4.68 Å². The molecule has 0 saturated carbocycles. The van der Waals surface area contributed by atoms with Crippen molar-refractivity contribution in [2.75, 3.05) is 7.11 Å². The van der Waals surface area contributed by atoms with Crippen LogP contribution in [0.3, 0.4) is 0 Å². The van der Waals surface area contributed by atoms with Crippen LogP contribution in [0, 0.1) is 6.07 Å². The van der Waals surface area contributed by atoms with E-state index >= 15 is 0 Å². The number of nitrogens with zero attached hydrogens (tertiary/aromatic N) is 3. The first-order valence-corrected chi connectivity index (χ1v) is 3.83. The number of aromatic nitrogens is 3. The van der Waals surface area contributed by atoms with Crippen molar-refractivity contribution in [3.05, 3.63) is 36.7 Å². The van der Waals surface area contributed by atoms with Gasteiger partial charge < -0.3 is 4.74 Å². The maximum absolute atomic E-state index is 5.15. The lowest BCUT2D eigenvalue weighted by Crippen LogP contribution is -1.98. The molecule has 2 aromatic rings. The molecule has 1 heterocycles. The van der Waals surface area contributed by atoms with Gasteiger partial charge in [0, 0.05) is 6.07 Å². The molecule has 0 spiro atoms. The van der Waals surface area contributed by atoms with Crippen LogP contribution in [-0.2, 0) is 0 Å². The topological polar surface area (TPSA) is 39.9 Å². The predicted molar refractivity (Wildman–Crippen MR) is 46.7 cm³/mol. The van der Waals surface area contributed by atoms with Crippen molar-refractivity contribution in [1.29, 1.82) is 0 Å². The van der Waals surface area contributed by atoms with Crippen LogP contribution < -0.4 is 4.74 Å². The third kappa shape index (κ3) is 1.38. The van der Waals surface area contributed by atoms with Crippen LogP contribution in [0.4, 0.5) is 0 Å². The van der Waals surface area contributed by atoms with E-state index in [1.165, 1.54) is 0 Å². The van der Waals surface area contributed by atoms with E-state index in [-0.39, 0.29) is 0 Å². The van der Waals surface area contributed by atoms with Crippen molar-refractivity contribution in [3.8, 4) is 11.4 Å². The number of benzene rings is 1. The fourth-order valence-corrected chi connectivity index (χ4v) is 1.08. The molecule has 1 aromatic heterocycles. The summed E-state index contributed by atoms with van der Waals surface area (Å²) < 4.78 is 6.76. The molecule has 0 amide bonds. The second-order valence-electron chi connectivity index (χ2n) is 2.43. The summed E-state index contributed by atoms with van der Waals surface area (Å²) in [6.45, 7) is 0. The minimum Gasteiger partial charge on any atom is -0.494 e. The molecule has 65 valence electrons. The van der Waals surface area contributed by atoms with Crippen LogP contribution in [0.25, 0.3) is 5.69 Å². The molecule has 0 aliphatic heterocycles. The smallest absolute Gasteiger partial charge is 0.145 e. The fourth-order valence-electron chi connectivity index (χ4n) is 1.08. The van der Waals surface area contributed by atoms with Crippen LogP contribution in [0.15, 0.2) is 30.6 Å². The van der Waals surface area contributed by atoms with Gasteiger partial charge in [-0.15, -0.1) is 5.10 Å². The summed E-state index contributed by atoms with van der Waals surface area (Å²) in [4.78, 5) is 0. The molecule has 0 aliphatic carbocycles. The molecule has 2 rings (SSSR count). The number of rotatable bonds is 2. The summed E-state index contributed by atoms with van der Waals surface area (Å²) >= 11 is 0. The summed E-state index contributed by atoms with van der Waals surface area (Å²) in [6.07, 6.45) is 3.36. The number of para-hydroxylation sites is 1. The number of methoxy groups -OCH3 is 1. The molecule has 0 N–H and O–H groups in total. The highest BCUT2D eigenvalue weighted by Crippen LogP contribution is 2.19. The maximum Gasteiger partial charge on any atom is 0.145 e. The Labute approximate surface area is 75.8 Å². The first-order valence-electron chi connectivity index (χ1n) is 3.83. The van der Waals surface area contributed by atoms with Gasteiger partial charge in [-0.3, -0.25) is 0 Å². The number of hydrogen-bond donors (Lipinski definition) is 0. The van der Waals surface area contributed by atoms with E-state index in [0.29, 0.717) is 0 Å². The van der Waals surface area contributed by atoms with E-state index < -0.39 is 0 Å². The van der Waals surface area contributed by atoms with Crippen LogP contribution >= 0.6 is 0 Å². The Morgan fingerprint density at radius 1 is 1.54 bits per heavy atom. The Morgan fingerprint density at radius 2 is 2.46 bits per heavy atom. The van der Waals surface area contributed by atoms with Crippen molar-refractivity contribution in [2.45, 2.75) is 0 Å². The third-order valence-electron chi connectivity index (χ3n) is 1.67. The Kier molecular flexibility index (Phi) is 1.96. The van der Waals surface area contributed by atoms with Crippen LogP contribution in [0.5, 0.6) is 5.75 Å². The van der Waals surface area contributed by atoms with Gasteiger partial charge in [0.05, 0.1) is 19.5 Å². The molecule has 1 aromatic carbocycles. The van der Waals surface area contributed by atoms with Crippen LogP contribution in [0.2, 0.25) is 0 Å². The standard InChI is InChI=1S/C9H8N3O/c1-13-9-5-3-2-4-8(9)12-7-6-10-11-12/h2-3,5-7H,1H3. The van der Waals surface area contributed by atoms with Crippen molar-refractivity contribution < 1.29 is 4.74 Å². The van der Waals surface area contributed by atoms with Crippen molar-refractivity contribution in [1.82, 2.24) is 15.0 Å². The van der Waals surface area contributed by atoms with Gasteiger partial charge in [0.2, 0.25) is 0 Å². The molecular weight excluding hydrogens is 166 g/mol. The molecule has 0 bridgehead atoms. The van der Waals surface area contributed by atoms with Crippen molar-refractivity contribution in [2.24, 2.45) is 0 Å². The van der Waals surface area contributed by atoms with Gasteiger partial charge in [-0.2, -0.15) is 0 Å². The highest BCUT2D eigenvalue weighted by atomic mass is 16.5. The highest BCUT2D eigenvalue weighted by Gasteiger charge is 2.03. The van der Waals surface area contributed by atoms with Gasteiger partial charge in [-0.1, -0.05) is 17.3 Å². The average molecular weight is 174 g/mol. The Morgan fingerprint density at radius 3 is 3.15 bits per heavy atom. The first-order chi connectivity index (χ1) is 6.42. The van der Waals surface area contributed by atoms with E-state index in [2.05, 4.69) is 16.4 Å². The minimum atomic E-state index is 0.730. The van der Waals surface area contributed by atoms with Gasteiger partial charge in [-0.05, 0) is 6.07 Å². The Balaban J connectivity index is 2.51. The van der Waals surface area contributed by atoms with Crippen LogP contribution in [0.1, 0.15) is 0 Å². The molecule has 0 saturated heterocycles. The SMILES string of the molecule is COc1ccc[c]c1-n1ccnn1. The minimum absolute atomic E-state index is 0.730. The lowest BCUT2D eigenvalue weighted by Gasteiger charge is -2.05. The molecule has 1 radical (unpaired) electrons. The van der Waals surface area contributed by atoms with Crippen molar-refractivity contribution >= 4 is 0 Å². The second kappa shape index (κ2) is 3.26. The van der Waals surface area contributed by atoms with Gasteiger partial charge in [0.15, 0.2) is 0 Å². The summed E-state index contributed by atoms with van der Waals surface area (Å²) in [5.74, 6) is 0.730. The number of ether oxygens (including phenoxy) is 1. The monoisotopic (exact) mass is 174 g/mol. The summed E-state index contributed by atoms with van der Waals surface area (Å²) in [5.41, 5.74) is 0.766. The van der Waals surface area contributed by atoms with Gasteiger partial charge >= 0.3 is 0 Å². The van der Waals surface area contributed by atoms with E-state index in [1.54, 1.807) is 30.3 Å². The first kappa shape index (κ1) is 7.79. The molecular formula is C9H8N3O. The van der Waals surface area contributed by atoms with Crippen molar-refractivity contribution in [3.63, 3.8) is 0 Å². The largest absolute Gasteiger partial charge is 0.494 e. The fraction of sp³-hybridized carbons (Fsp3) is 0.111. The quantitative estimate of drug-likeness (QED) is 0.683. The lowest BCUT2D eigenvalue weighted by atomic mass is 10.3. The summed E-state index contributed by atoms with van der Waals surface area (Å²) in [5, 5.41) is 7.56. The van der Waals surface area contributed by atoms with E-state index in [0.717, 1.165) is 11.4 Å². The molecule has 0 unspecified atom stereocenters. The summed E-state index contributed by atoms with van der Waals surface area (Å²) in [7, 11) is 1.61. The molecule has 4 nitrogen and oxygen atoms in total. The van der Waals surface area contributed by atoms with E-state index in [9.17, 15) is 0 Å². The van der Waals surface area contributed by atoms with Crippen LogP contribution in [-0.4, -0.2) is 22.1 Å². The Bertz CT molecular complexity index is 384. The Hall–Kier alpha value is -1.84. The molecule has 0 aliphatic rings. The third-order valence-corrected chi connectivity index (χ3v) is 1.67. The van der Waals surface area contributed by atoms with Gasteiger partial charge in [0.25, 0.3) is 0 Å². The average Bonchev–Trinajstić information content (AvgIpc) is 2.70. The molecule has 4 heteroatoms.